The average Bonchev–Trinajstić information content (AvgIpc) is 2.68. The van der Waals surface area contributed by atoms with Crippen LogP contribution in [0.15, 0.2) is 47.4 Å². The van der Waals surface area contributed by atoms with Crippen LogP contribution in [0.2, 0.25) is 0 Å². The number of anilines is 2. The molecule has 0 heterocycles. The molecule has 0 saturated heterocycles. The lowest BCUT2D eigenvalue weighted by Crippen LogP contribution is -2.23. The number of nitrogens with one attached hydrogen (secondary N) is 2. The van der Waals surface area contributed by atoms with Crippen LogP contribution in [0, 0.1) is 6.92 Å². The van der Waals surface area contributed by atoms with Gasteiger partial charge in [-0.05, 0) is 49.7 Å². The summed E-state index contributed by atoms with van der Waals surface area (Å²) in [5.74, 6) is -2.81. The number of carbonyl (C=O) groups excluding carboxylic acids is 2. The van der Waals surface area contributed by atoms with Crippen molar-refractivity contribution < 1.29 is 29.4 Å². The van der Waals surface area contributed by atoms with Gasteiger partial charge in [0, 0.05) is 22.7 Å². The fourth-order valence-electron chi connectivity index (χ4n) is 2.47. The van der Waals surface area contributed by atoms with E-state index in [0.717, 1.165) is 10.5 Å². The molecule has 0 aliphatic rings. The molecule has 0 bridgehead atoms. The maximum Gasteiger partial charge on any atom is 0.335 e. The van der Waals surface area contributed by atoms with Crippen molar-refractivity contribution in [1.82, 2.24) is 0 Å². The van der Waals surface area contributed by atoms with Gasteiger partial charge in [-0.25, -0.2) is 4.79 Å². The second-order valence-electron chi connectivity index (χ2n) is 6.55. The van der Waals surface area contributed by atoms with Gasteiger partial charge in [-0.1, -0.05) is 12.1 Å². The Morgan fingerprint density at radius 3 is 2.40 bits per heavy atom. The Balaban J connectivity index is 2.00. The lowest BCUT2D eigenvalue weighted by molar-refractivity contribution is -0.138. The molecule has 2 rings (SSSR count). The quantitative estimate of drug-likeness (QED) is 0.447. The maximum atomic E-state index is 12.6. The lowest BCUT2D eigenvalue weighted by atomic mass is 10.1. The molecule has 0 aromatic heterocycles. The molecule has 30 heavy (non-hydrogen) atoms. The van der Waals surface area contributed by atoms with Crippen LogP contribution >= 0.6 is 11.8 Å². The molecule has 9 heteroatoms. The zero-order valence-corrected chi connectivity index (χ0v) is 17.3. The number of carboxylic acid groups (broad SMARTS) is 2. The van der Waals surface area contributed by atoms with Crippen molar-refractivity contribution in [3.05, 3.63) is 53.6 Å². The first-order valence-corrected chi connectivity index (χ1v) is 9.97. The van der Waals surface area contributed by atoms with Gasteiger partial charge in [0.2, 0.25) is 11.8 Å². The second kappa shape index (κ2) is 10.4. The van der Waals surface area contributed by atoms with Crippen LogP contribution in [0.5, 0.6) is 0 Å². The Morgan fingerprint density at radius 1 is 1.00 bits per heavy atom. The summed E-state index contributed by atoms with van der Waals surface area (Å²) >= 11 is 1.27. The zero-order chi connectivity index (χ0) is 22.3. The van der Waals surface area contributed by atoms with Crippen molar-refractivity contribution in [3.63, 3.8) is 0 Å². The number of carbonyl (C=O) groups is 4. The van der Waals surface area contributed by atoms with Crippen LogP contribution < -0.4 is 10.6 Å². The van der Waals surface area contributed by atoms with Crippen LogP contribution in [-0.4, -0.2) is 39.2 Å². The molecular weight excluding hydrogens is 408 g/mol. The van der Waals surface area contributed by atoms with Gasteiger partial charge >= 0.3 is 11.9 Å². The lowest BCUT2D eigenvalue weighted by Gasteiger charge is -2.15. The van der Waals surface area contributed by atoms with E-state index in [9.17, 15) is 19.2 Å². The van der Waals surface area contributed by atoms with Gasteiger partial charge in [0.15, 0.2) is 0 Å². The first-order chi connectivity index (χ1) is 14.2. The van der Waals surface area contributed by atoms with E-state index < -0.39 is 23.1 Å². The topological polar surface area (TPSA) is 133 Å². The number of thioether (sulfide) groups is 1. The van der Waals surface area contributed by atoms with E-state index in [-0.39, 0.29) is 24.3 Å². The van der Waals surface area contributed by atoms with Crippen molar-refractivity contribution in [3.8, 4) is 0 Å². The minimum absolute atomic E-state index is 0.0857. The monoisotopic (exact) mass is 430 g/mol. The van der Waals surface area contributed by atoms with E-state index in [4.69, 9.17) is 10.2 Å². The predicted molar refractivity (Wildman–Crippen MR) is 114 cm³/mol. The molecule has 4 N–H and O–H groups in total. The molecule has 0 aliphatic heterocycles. The highest BCUT2D eigenvalue weighted by Crippen LogP contribution is 2.27. The molecule has 0 fully saturated rings. The van der Waals surface area contributed by atoms with Crippen molar-refractivity contribution >= 4 is 46.9 Å². The molecule has 158 valence electrons. The highest BCUT2D eigenvalue weighted by Gasteiger charge is 2.17. The van der Waals surface area contributed by atoms with Crippen LogP contribution in [0.4, 0.5) is 11.4 Å². The van der Waals surface area contributed by atoms with Crippen LogP contribution in [-0.2, 0) is 14.4 Å². The van der Waals surface area contributed by atoms with Crippen molar-refractivity contribution in [2.24, 2.45) is 0 Å². The Bertz CT molecular complexity index is 976. The third-order valence-corrected chi connectivity index (χ3v) is 5.20. The third-order valence-electron chi connectivity index (χ3n) is 4.11. The normalized spacial score (nSPS) is 11.4. The van der Waals surface area contributed by atoms with E-state index in [1.807, 2.05) is 0 Å². The highest BCUT2D eigenvalue weighted by molar-refractivity contribution is 8.00. The molecule has 1 unspecified atom stereocenters. The zero-order valence-electron chi connectivity index (χ0n) is 16.5. The van der Waals surface area contributed by atoms with Crippen molar-refractivity contribution in [2.75, 3.05) is 10.6 Å². The van der Waals surface area contributed by atoms with E-state index in [2.05, 4.69) is 10.6 Å². The first-order valence-electron chi connectivity index (χ1n) is 9.09. The summed E-state index contributed by atoms with van der Waals surface area (Å²) in [5, 5.41) is 22.6. The van der Waals surface area contributed by atoms with Crippen LogP contribution in [0.1, 0.15) is 35.7 Å². The standard InChI is InChI=1S/C21H22N2O6S/c1-12-6-7-14(21(28)29)10-17(12)23-20(27)13(2)30-16-5-3-4-15(11-16)22-18(24)8-9-19(25)26/h3-7,10-11,13H,8-9H2,1-2H3,(H,22,24)(H,23,27)(H,25,26)(H,28,29). The summed E-state index contributed by atoms with van der Waals surface area (Å²) in [6, 6.07) is 11.4. The number of aromatic carboxylic acids is 1. The van der Waals surface area contributed by atoms with E-state index in [1.54, 1.807) is 44.2 Å². The average molecular weight is 430 g/mol. The number of aliphatic carboxylic acids is 1. The van der Waals surface area contributed by atoms with Crippen molar-refractivity contribution in [1.29, 1.82) is 0 Å². The molecule has 1 atom stereocenters. The fraction of sp³-hybridized carbons (Fsp3) is 0.238. The van der Waals surface area contributed by atoms with Crippen molar-refractivity contribution in [2.45, 2.75) is 36.8 Å². The third kappa shape index (κ3) is 6.93. The number of rotatable bonds is 9. The molecule has 0 aliphatic carbocycles. The van der Waals surface area contributed by atoms with Gasteiger partial charge in [-0.2, -0.15) is 0 Å². The van der Waals surface area contributed by atoms with Crippen LogP contribution in [0.25, 0.3) is 0 Å². The van der Waals surface area contributed by atoms with E-state index >= 15 is 0 Å². The summed E-state index contributed by atoms with van der Waals surface area (Å²) in [7, 11) is 0. The maximum absolute atomic E-state index is 12.6. The smallest absolute Gasteiger partial charge is 0.335 e. The summed E-state index contributed by atoms with van der Waals surface area (Å²) in [5.41, 5.74) is 1.78. The number of hydrogen-bond donors (Lipinski definition) is 4. The van der Waals surface area contributed by atoms with E-state index in [0.29, 0.717) is 11.4 Å². The first kappa shape index (κ1) is 23.0. The Hall–Kier alpha value is -3.33. The Labute approximate surface area is 177 Å². The van der Waals surface area contributed by atoms with Gasteiger partial charge in [0.25, 0.3) is 0 Å². The van der Waals surface area contributed by atoms with Gasteiger partial charge < -0.3 is 20.8 Å². The Morgan fingerprint density at radius 2 is 1.73 bits per heavy atom. The number of hydrogen-bond acceptors (Lipinski definition) is 5. The minimum atomic E-state index is -1.07. The van der Waals surface area contributed by atoms with Gasteiger partial charge in [0.1, 0.15) is 0 Å². The molecule has 2 aromatic rings. The predicted octanol–water partition coefficient (Wildman–Crippen LogP) is 3.62. The van der Waals surface area contributed by atoms with Gasteiger partial charge in [-0.3, -0.25) is 14.4 Å². The molecule has 8 nitrogen and oxygen atoms in total. The summed E-state index contributed by atoms with van der Waals surface area (Å²) in [4.78, 5) is 46.8. The highest BCUT2D eigenvalue weighted by atomic mass is 32.2. The molecule has 2 amide bonds. The largest absolute Gasteiger partial charge is 0.481 e. The molecule has 0 spiro atoms. The van der Waals surface area contributed by atoms with Crippen LogP contribution in [0.3, 0.4) is 0 Å². The van der Waals surface area contributed by atoms with Gasteiger partial charge in [0.05, 0.1) is 17.2 Å². The van der Waals surface area contributed by atoms with Gasteiger partial charge in [-0.15, -0.1) is 11.8 Å². The number of aryl methyl sites for hydroxylation is 1. The molecule has 2 aromatic carbocycles. The number of amides is 2. The summed E-state index contributed by atoms with van der Waals surface area (Å²) < 4.78 is 0. The van der Waals surface area contributed by atoms with E-state index in [1.165, 1.54) is 23.9 Å². The summed E-state index contributed by atoms with van der Waals surface area (Å²) in [6.07, 6.45) is -0.375. The Kier molecular flexibility index (Phi) is 7.99. The summed E-state index contributed by atoms with van der Waals surface area (Å²) in [6.45, 7) is 3.49. The molecular formula is C21H22N2O6S. The molecule has 0 saturated carbocycles. The second-order valence-corrected chi connectivity index (χ2v) is 7.97. The fourth-order valence-corrected chi connectivity index (χ4v) is 3.40. The number of benzene rings is 2. The molecule has 0 radical (unpaired) electrons. The SMILES string of the molecule is Cc1ccc(C(=O)O)cc1NC(=O)C(C)Sc1cccc(NC(=O)CCC(=O)O)c1. The number of carboxylic acids is 2. The minimum Gasteiger partial charge on any atom is -0.481 e.